The maximum Gasteiger partial charge on any atom is 0 e. The van der Waals surface area contributed by atoms with E-state index in [-0.39, 0.29) is 26.2 Å². The molecule has 0 amide bonds. The van der Waals surface area contributed by atoms with Crippen LogP contribution in [0.2, 0.25) is 0 Å². The van der Waals surface area contributed by atoms with Crippen LogP contribution in [0.25, 0.3) is 0 Å². The zero-order chi connectivity index (χ0) is 8.93. The predicted molar refractivity (Wildman–Crippen MR) is 55.7 cm³/mol. The minimum absolute atomic E-state index is 0. The molecule has 68 valence electrons. The summed E-state index contributed by atoms with van der Waals surface area (Å²) in [5, 5.41) is 0. The van der Waals surface area contributed by atoms with Gasteiger partial charge in [-0.15, -0.1) is 0 Å². The molecular weight excluding hydrogens is 247 g/mol. The van der Waals surface area contributed by atoms with E-state index in [2.05, 4.69) is 60.7 Å². The Kier molecular flexibility index (Phi) is 4.83. The van der Waals surface area contributed by atoms with Crippen LogP contribution in [0.15, 0.2) is 60.7 Å². The molecule has 0 nitrogen and oxygen atoms in total. The molecular formula is C13H12Zr. The third-order valence-corrected chi connectivity index (χ3v) is 2.09. The Morgan fingerprint density at radius 1 is 0.571 bits per heavy atom. The third kappa shape index (κ3) is 3.23. The van der Waals surface area contributed by atoms with Crippen molar-refractivity contribution in [2.75, 3.05) is 0 Å². The fraction of sp³-hybridized carbons (Fsp3) is 0.0769. The van der Waals surface area contributed by atoms with Crippen LogP contribution >= 0.6 is 0 Å². The Balaban J connectivity index is 0.000000980. The van der Waals surface area contributed by atoms with Crippen molar-refractivity contribution in [3.05, 3.63) is 71.8 Å². The Morgan fingerprint density at radius 2 is 0.929 bits per heavy atom. The van der Waals surface area contributed by atoms with E-state index in [0.29, 0.717) is 0 Å². The van der Waals surface area contributed by atoms with Gasteiger partial charge in [0.15, 0.2) is 0 Å². The predicted octanol–water partition coefficient (Wildman–Crippen LogP) is 3.27. The van der Waals surface area contributed by atoms with Gasteiger partial charge in [0.2, 0.25) is 0 Å². The first-order valence-corrected chi connectivity index (χ1v) is 4.53. The second-order valence-corrected chi connectivity index (χ2v) is 3.15. The minimum atomic E-state index is 0. The van der Waals surface area contributed by atoms with Crippen molar-refractivity contribution in [1.82, 2.24) is 0 Å². The average molecular weight is 259 g/mol. The molecule has 0 atom stereocenters. The molecule has 0 saturated carbocycles. The summed E-state index contributed by atoms with van der Waals surface area (Å²) >= 11 is 0. The summed E-state index contributed by atoms with van der Waals surface area (Å²) in [7, 11) is 0. The van der Waals surface area contributed by atoms with E-state index in [9.17, 15) is 0 Å². The molecule has 2 aromatic rings. The molecule has 0 bridgehead atoms. The molecule has 0 spiro atoms. The molecule has 0 aliphatic heterocycles. The Hall–Kier alpha value is -0.677. The van der Waals surface area contributed by atoms with Crippen molar-refractivity contribution in [2.24, 2.45) is 0 Å². The average Bonchev–Trinajstić information content (AvgIpc) is 2.21. The zero-order valence-corrected chi connectivity index (χ0v) is 10.4. The second-order valence-electron chi connectivity index (χ2n) is 3.15. The van der Waals surface area contributed by atoms with E-state index < -0.39 is 0 Å². The van der Waals surface area contributed by atoms with E-state index in [1.54, 1.807) is 0 Å². The molecule has 0 saturated heterocycles. The van der Waals surface area contributed by atoms with Crippen LogP contribution in [-0.4, -0.2) is 0 Å². The molecule has 0 radical (unpaired) electrons. The Bertz CT molecular complexity index is 316. The molecule has 0 N–H and O–H groups in total. The third-order valence-electron chi connectivity index (χ3n) is 2.09. The summed E-state index contributed by atoms with van der Waals surface area (Å²) in [6.07, 6.45) is 1.03. The van der Waals surface area contributed by atoms with Crippen molar-refractivity contribution in [1.29, 1.82) is 0 Å². The van der Waals surface area contributed by atoms with Crippen LogP contribution in [0.3, 0.4) is 0 Å². The molecule has 2 rings (SSSR count). The van der Waals surface area contributed by atoms with Gasteiger partial charge in [0.05, 0.1) is 0 Å². The van der Waals surface area contributed by atoms with Crippen LogP contribution < -0.4 is 0 Å². The van der Waals surface area contributed by atoms with Gasteiger partial charge in [-0.2, -0.15) is 0 Å². The van der Waals surface area contributed by atoms with Gasteiger partial charge in [-0.25, -0.2) is 0 Å². The molecule has 0 unspecified atom stereocenters. The first kappa shape index (κ1) is 11.4. The fourth-order valence-electron chi connectivity index (χ4n) is 1.43. The summed E-state index contributed by atoms with van der Waals surface area (Å²) in [5.41, 5.74) is 2.74. The quantitative estimate of drug-likeness (QED) is 0.776. The standard InChI is InChI=1S/C13H12.Zr/c1-3-7-12(8-4-1)11-13-9-5-2-6-10-13;/h1-10H,11H2;. The molecule has 0 heterocycles. The monoisotopic (exact) mass is 258 g/mol. The van der Waals surface area contributed by atoms with E-state index in [0.717, 1.165) is 6.42 Å². The van der Waals surface area contributed by atoms with Crippen molar-refractivity contribution < 1.29 is 26.2 Å². The van der Waals surface area contributed by atoms with Gasteiger partial charge < -0.3 is 0 Å². The largest absolute Gasteiger partial charge is 0.0622 e. The van der Waals surface area contributed by atoms with Gasteiger partial charge in [-0.3, -0.25) is 0 Å². The molecule has 14 heavy (non-hydrogen) atoms. The number of hydrogen-bond acceptors (Lipinski definition) is 0. The molecule has 0 aliphatic rings. The first-order chi connectivity index (χ1) is 6.45. The van der Waals surface area contributed by atoms with Crippen LogP contribution in [0.1, 0.15) is 11.1 Å². The van der Waals surface area contributed by atoms with Gasteiger partial charge in [-0.05, 0) is 17.5 Å². The van der Waals surface area contributed by atoms with Crippen LogP contribution in [0.4, 0.5) is 0 Å². The van der Waals surface area contributed by atoms with Crippen molar-refractivity contribution in [3.63, 3.8) is 0 Å². The summed E-state index contributed by atoms with van der Waals surface area (Å²) in [6.45, 7) is 0. The Morgan fingerprint density at radius 3 is 1.29 bits per heavy atom. The van der Waals surface area contributed by atoms with Gasteiger partial charge in [0, 0.05) is 26.2 Å². The normalized spacial score (nSPS) is 9.14. The molecule has 1 heteroatoms. The fourth-order valence-corrected chi connectivity index (χ4v) is 1.43. The van der Waals surface area contributed by atoms with Crippen LogP contribution in [0.5, 0.6) is 0 Å². The van der Waals surface area contributed by atoms with Crippen molar-refractivity contribution in [3.8, 4) is 0 Å². The summed E-state index contributed by atoms with van der Waals surface area (Å²) in [5.74, 6) is 0. The van der Waals surface area contributed by atoms with Gasteiger partial charge in [-0.1, -0.05) is 60.7 Å². The summed E-state index contributed by atoms with van der Waals surface area (Å²) < 4.78 is 0. The van der Waals surface area contributed by atoms with E-state index in [1.165, 1.54) is 11.1 Å². The van der Waals surface area contributed by atoms with Crippen LogP contribution in [-0.2, 0) is 32.6 Å². The Labute approximate surface area is 104 Å². The van der Waals surface area contributed by atoms with E-state index in [1.807, 2.05) is 0 Å². The maximum absolute atomic E-state index is 2.16. The summed E-state index contributed by atoms with van der Waals surface area (Å²) in [4.78, 5) is 0. The van der Waals surface area contributed by atoms with Crippen molar-refractivity contribution >= 4 is 0 Å². The molecule has 0 fully saturated rings. The zero-order valence-electron chi connectivity index (χ0n) is 7.98. The van der Waals surface area contributed by atoms with Gasteiger partial charge >= 0.3 is 0 Å². The van der Waals surface area contributed by atoms with E-state index >= 15 is 0 Å². The summed E-state index contributed by atoms with van der Waals surface area (Å²) in [6, 6.07) is 21.1. The van der Waals surface area contributed by atoms with Gasteiger partial charge in [0.25, 0.3) is 0 Å². The van der Waals surface area contributed by atoms with Gasteiger partial charge in [0.1, 0.15) is 0 Å². The first-order valence-electron chi connectivity index (χ1n) is 4.53. The molecule has 0 aromatic heterocycles. The SMILES string of the molecule is [Zr].c1ccc(Cc2ccccc2)cc1. The van der Waals surface area contributed by atoms with Crippen LogP contribution in [0, 0.1) is 0 Å². The number of benzene rings is 2. The number of rotatable bonds is 2. The van der Waals surface area contributed by atoms with Crippen molar-refractivity contribution in [2.45, 2.75) is 6.42 Å². The number of hydrogen-bond donors (Lipinski definition) is 0. The topological polar surface area (TPSA) is 0 Å². The second kappa shape index (κ2) is 5.93. The smallest absolute Gasteiger partial charge is 0 e. The van der Waals surface area contributed by atoms with E-state index in [4.69, 9.17) is 0 Å². The maximum atomic E-state index is 2.16. The molecule has 0 aliphatic carbocycles. The molecule has 2 aromatic carbocycles. The minimum Gasteiger partial charge on any atom is -0.0622 e.